The second-order valence-corrected chi connectivity index (χ2v) is 11.4. The van der Waals surface area contributed by atoms with Gasteiger partial charge in [0.25, 0.3) is 10.0 Å². The van der Waals surface area contributed by atoms with Crippen LogP contribution in [0, 0.1) is 6.92 Å². The highest BCUT2D eigenvalue weighted by Crippen LogP contribution is 2.24. The van der Waals surface area contributed by atoms with E-state index in [-0.39, 0.29) is 4.90 Å². The molecular weight excluding hydrogens is 474 g/mol. The fourth-order valence-corrected chi connectivity index (χ4v) is 5.34. The summed E-state index contributed by atoms with van der Waals surface area (Å²) >= 11 is 0. The summed E-state index contributed by atoms with van der Waals surface area (Å²) in [6.07, 6.45) is 1.66. The predicted octanol–water partition coefficient (Wildman–Crippen LogP) is 3.76. The molecule has 1 amide bonds. The number of rotatable bonds is 9. The van der Waals surface area contributed by atoms with E-state index in [0.29, 0.717) is 23.5 Å². The van der Waals surface area contributed by atoms with Crippen molar-refractivity contribution in [2.45, 2.75) is 25.2 Å². The molecule has 0 aliphatic heterocycles. The molecule has 8 nitrogen and oxygen atoms in total. The number of amides is 1. The quantitative estimate of drug-likeness (QED) is 0.464. The van der Waals surface area contributed by atoms with E-state index in [4.69, 9.17) is 0 Å². The Bertz CT molecular complexity index is 1390. The Balaban J connectivity index is 1.73. The van der Waals surface area contributed by atoms with Gasteiger partial charge in [-0.2, -0.15) is 0 Å². The lowest BCUT2D eigenvalue weighted by atomic mass is 10.1. The molecule has 0 radical (unpaired) electrons. The third-order valence-corrected chi connectivity index (χ3v) is 7.57. The first-order chi connectivity index (χ1) is 16.0. The van der Waals surface area contributed by atoms with Gasteiger partial charge in [-0.05, 0) is 66.9 Å². The number of aryl methyl sites for hydroxylation is 2. The molecule has 2 N–H and O–H groups in total. The summed E-state index contributed by atoms with van der Waals surface area (Å²) in [4.78, 5) is 12.7. The Morgan fingerprint density at radius 3 is 2.18 bits per heavy atom. The predicted molar refractivity (Wildman–Crippen MR) is 135 cm³/mol. The minimum absolute atomic E-state index is 0.0293. The molecule has 0 fully saturated rings. The minimum atomic E-state index is -3.81. The van der Waals surface area contributed by atoms with Crippen molar-refractivity contribution in [1.29, 1.82) is 0 Å². The molecule has 0 aliphatic rings. The van der Waals surface area contributed by atoms with Crippen LogP contribution < -0.4 is 14.3 Å². The average Bonchev–Trinajstić information content (AvgIpc) is 2.77. The maximum absolute atomic E-state index is 12.6. The van der Waals surface area contributed by atoms with Crippen molar-refractivity contribution in [2.75, 3.05) is 27.1 Å². The van der Waals surface area contributed by atoms with E-state index >= 15 is 0 Å². The Hall–Kier alpha value is -3.37. The first-order valence-electron chi connectivity index (χ1n) is 10.5. The molecule has 10 heteroatoms. The standard InChI is InChI=1S/C24H27N3O5S2/c1-4-19-9-5-6-11-23(19)27(33(3,29)30)17-24(28)25-20-12-14-22(15-13-20)34(31,32)26-21-10-7-8-18(2)16-21/h5-16,26H,4,17H2,1-3H3,(H,25,28). The number of carbonyl (C=O) groups excluding carboxylic acids is 1. The molecule has 3 aromatic carbocycles. The lowest BCUT2D eigenvalue weighted by Crippen LogP contribution is -2.38. The Kier molecular flexibility index (Phi) is 7.63. The summed E-state index contributed by atoms with van der Waals surface area (Å²) in [5.74, 6) is -0.551. The van der Waals surface area contributed by atoms with Gasteiger partial charge in [0.2, 0.25) is 15.9 Å². The Labute approximate surface area is 200 Å². The number of nitrogens with zero attached hydrogens (tertiary/aromatic N) is 1. The van der Waals surface area contributed by atoms with Crippen LogP contribution in [0.3, 0.4) is 0 Å². The van der Waals surface area contributed by atoms with Gasteiger partial charge in [-0.3, -0.25) is 13.8 Å². The second-order valence-electron chi connectivity index (χ2n) is 7.80. The number of carbonyl (C=O) groups is 1. The largest absolute Gasteiger partial charge is 0.325 e. The molecule has 0 aromatic heterocycles. The zero-order valence-corrected chi connectivity index (χ0v) is 20.8. The van der Waals surface area contributed by atoms with Gasteiger partial charge in [0, 0.05) is 11.4 Å². The molecule has 180 valence electrons. The summed E-state index contributed by atoms with van der Waals surface area (Å²) in [5.41, 5.74) is 2.97. The van der Waals surface area contributed by atoms with Crippen LogP contribution in [0.5, 0.6) is 0 Å². The summed E-state index contributed by atoms with van der Waals surface area (Å²) in [6, 6.07) is 19.6. The third-order valence-electron chi connectivity index (χ3n) is 5.05. The molecule has 3 rings (SSSR count). The van der Waals surface area contributed by atoms with E-state index in [2.05, 4.69) is 10.0 Å². The van der Waals surface area contributed by atoms with Gasteiger partial charge in [0.05, 0.1) is 16.8 Å². The normalized spacial score (nSPS) is 11.6. The van der Waals surface area contributed by atoms with Crippen molar-refractivity contribution in [3.8, 4) is 0 Å². The van der Waals surface area contributed by atoms with E-state index in [1.165, 1.54) is 24.3 Å². The lowest BCUT2D eigenvalue weighted by Gasteiger charge is -2.24. The van der Waals surface area contributed by atoms with Crippen molar-refractivity contribution in [3.05, 3.63) is 83.9 Å². The fourth-order valence-electron chi connectivity index (χ4n) is 3.41. The smallest absolute Gasteiger partial charge is 0.261 e. The van der Waals surface area contributed by atoms with E-state index < -0.39 is 32.5 Å². The molecule has 0 saturated heterocycles. The molecule has 3 aromatic rings. The summed E-state index contributed by atoms with van der Waals surface area (Å²) in [5, 5.41) is 2.63. The van der Waals surface area contributed by atoms with Crippen LogP contribution in [0.15, 0.2) is 77.7 Å². The summed E-state index contributed by atoms with van der Waals surface area (Å²) < 4.78 is 53.6. The van der Waals surface area contributed by atoms with E-state index in [9.17, 15) is 21.6 Å². The van der Waals surface area contributed by atoms with E-state index in [1.54, 1.807) is 30.3 Å². The van der Waals surface area contributed by atoms with Gasteiger partial charge in [0.15, 0.2) is 0 Å². The van der Waals surface area contributed by atoms with Crippen molar-refractivity contribution >= 4 is 43.0 Å². The molecule has 0 bridgehead atoms. The monoisotopic (exact) mass is 501 g/mol. The van der Waals surface area contributed by atoms with Gasteiger partial charge >= 0.3 is 0 Å². The first-order valence-corrected chi connectivity index (χ1v) is 13.9. The number of sulfonamides is 2. The van der Waals surface area contributed by atoms with Crippen molar-refractivity contribution < 1.29 is 21.6 Å². The molecule has 0 spiro atoms. The third kappa shape index (κ3) is 6.36. The van der Waals surface area contributed by atoms with Crippen molar-refractivity contribution in [1.82, 2.24) is 0 Å². The molecule has 0 atom stereocenters. The molecule has 0 unspecified atom stereocenters. The first kappa shape index (κ1) is 25.3. The summed E-state index contributed by atoms with van der Waals surface area (Å²) in [6.45, 7) is 3.36. The van der Waals surface area contributed by atoms with Gasteiger partial charge < -0.3 is 5.32 Å². The molecule has 34 heavy (non-hydrogen) atoms. The number of hydrogen-bond donors (Lipinski definition) is 2. The van der Waals surface area contributed by atoms with Crippen LogP contribution >= 0.6 is 0 Å². The number of para-hydroxylation sites is 1. The highest BCUT2D eigenvalue weighted by Gasteiger charge is 2.23. The van der Waals surface area contributed by atoms with Crippen molar-refractivity contribution in [2.24, 2.45) is 0 Å². The SMILES string of the molecule is CCc1ccccc1N(CC(=O)Nc1ccc(S(=O)(=O)Nc2cccc(C)c2)cc1)S(C)(=O)=O. The highest BCUT2D eigenvalue weighted by molar-refractivity contribution is 7.92. The van der Waals surface area contributed by atoms with Crippen LogP contribution in [0.4, 0.5) is 17.1 Å². The van der Waals surface area contributed by atoms with Gasteiger partial charge in [-0.1, -0.05) is 37.3 Å². The fraction of sp³-hybridized carbons (Fsp3) is 0.208. The van der Waals surface area contributed by atoms with Crippen LogP contribution in [0.2, 0.25) is 0 Å². The van der Waals surface area contributed by atoms with Crippen LogP contribution in [-0.4, -0.2) is 35.5 Å². The molecule has 0 aliphatic carbocycles. The van der Waals surface area contributed by atoms with Crippen molar-refractivity contribution in [3.63, 3.8) is 0 Å². The number of benzene rings is 3. The zero-order valence-electron chi connectivity index (χ0n) is 19.1. The molecular formula is C24H27N3O5S2. The zero-order chi connectivity index (χ0) is 24.9. The number of nitrogens with one attached hydrogen (secondary N) is 2. The van der Waals surface area contributed by atoms with Crippen LogP contribution in [0.25, 0.3) is 0 Å². The topological polar surface area (TPSA) is 113 Å². The Morgan fingerprint density at radius 2 is 1.56 bits per heavy atom. The van der Waals surface area contributed by atoms with Crippen LogP contribution in [-0.2, 0) is 31.3 Å². The number of hydrogen-bond acceptors (Lipinski definition) is 5. The van der Waals surface area contributed by atoms with Gasteiger partial charge in [0.1, 0.15) is 6.54 Å². The van der Waals surface area contributed by atoms with Gasteiger partial charge in [-0.25, -0.2) is 16.8 Å². The summed E-state index contributed by atoms with van der Waals surface area (Å²) in [7, 11) is -7.52. The van der Waals surface area contributed by atoms with Gasteiger partial charge in [-0.15, -0.1) is 0 Å². The van der Waals surface area contributed by atoms with E-state index in [1.807, 2.05) is 32.0 Å². The maximum atomic E-state index is 12.6. The average molecular weight is 502 g/mol. The Morgan fingerprint density at radius 1 is 0.882 bits per heavy atom. The maximum Gasteiger partial charge on any atom is 0.261 e. The second kappa shape index (κ2) is 10.3. The van der Waals surface area contributed by atoms with E-state index in [0.717, 1.165) is 21.7 Å². The lowest BCUT2D eigenvalue weighted by molar-refractivity contribution is -0.114. The highest BCUT2D eigenvalue weighted by atomic mass is 32.2. The molecule has 0 saturated carbocycles. The number of anilines is 3. The molecule has 0 heterocycles. The van der Waals surface area contributed by atoms with Crippen LogP contribution in [0.1, 0.15) is 18.1 Å². The minimum Gasteiger partial charge on any atom is -0.325 e.